The van der Waals surface area contributed by atoms with Gasteiger partial charge in [-0.1, -0.05) is 43.8 Å². The molecule has 1 atom stereocenters. The summed E-state index contributed by atoms with van der Waals surface area (Å²) in [5, 5.41) is 15.4. The first kappa shape index (κ1) is 19.4. The molecular formula is C23H24FN7. The van der Waals surface area contributed by atoms with E-state index in [9.17, 15) is 4.39 Å². The van der Waals surface area contributed by atoms with Crippen LogP contribution in [-0.4, -0.2) is 45.3 Å². The van der Waals surface area contributed by atoms with Gasteiger partial charge in [0.15, 0.2) is 11.5 Å². The lowest BCUT2D eigenvalue weighted by Crippen LogP contribution is -2.35. The van der Waals surface area contributed by atoms with Crippen LogP contribution in [0.15, 0.2) is 54.7 Å². The van der Waals surface area contributed by atoms with Gasteiger partial charge in [-0.25, -0.2) is 14.4 Å². The first-order valence-corrected chi connectivity index (χ1v) is 10.5. The summed E-state index contributed by atoms with van der Waals surface area (Å²) in [6, 6.07) is 12.9. The molecule has 0 amide bonds. The lowest BCUT2D eigenvalue weighted by Gasteiger charge is -2.20. The van der Waals surface area contributed by atoms with E-state index in [0.29, 0.717) is 29.4 Å². The molecule has 1 fully saturated rings. The second-order valence-electron chi connectivity index (χ2n) is 7.65. The van der Waals surface area contributed by atoms with Crippen molar-refractivity contribution in [3.8, 4) is 11.4 Å². The van der Waals surface area contributed by atoms with E-state index in [0.717, 1.165) is 30.8 Å². The molecule has 4 aromatic rings. The fourth-order valence-corrected chi connectivity index (χ4v) is 3.80. The number of nitrogens with one attached hydrogen (secondary N) is 3. The second kappa shape index (κ2) is 7.96. The molecule has 0 radical (unpaired) electrons. The van der Waals surface area contributed by atoms with Gasteiger partial charge in [-0.15, -0.1) is 5.10 Å². The Morgan fingerprint density at radius 2 is 2.00 bits per heavy atom. The number of anilines is 1. The van der Waals surface area contributed by atoms with Crippen molar-refractivity contribution < 1.29 is 4.39 Å². The summed E-state index contributed by atoms with van der Waals surface area (Å²) in [7, 11) is 0. The zero-order chi connectivity index (χ0) is 21.4. The van der Waals surface area contributed by atoms with Gasteiger partial charge in [-0.2, -0.15) is 4.52 Å². The van der Waals surface area contributed by atoms with E-state index in [4.69, 9.17) is 10.1 Å². The van der Waals surface area contributed by atoms with Crippen LogP contribution in [0.25, 0.3) is 27.9 Å². The molecule has 0 saturated carbocycles. The van der Waals surface area contributed by atoms with Crippen LogP contribution in [0.1, 0.15) is 12.5 Å². The highest BCUT2D eigenvalue weighted by Crippen LogP contribution is 2.26. The largest absolute Gasteiger partial charge is 0.386 e. The SMILES string of the molecule is C=C1NCCNCC1Nc1nc2c(F)cccc2c2nc(-c3ccc(CC)cc3)nn12. The average molecular weight is 417 g/mol. The van der Waals surface area contributed by atoms with Gasteiger partial charge in [0.2, 0.25) is 5.95 Å². The van der Waals surface area contributed by atoms with E-state index in [1.807, 2.05) is 18.2 Å². The Kier molecular flexibility index (Phi) is 4.99. The van der Waals surface area contributed by atoms with Gasteiger partial charge >= 0.3 is 0 Å². The fraction of sp³-hybridized carbons (Fsp3) is 0.261. The zero-order valence-electron chi connectivity index (χ0n) is 17.3. The summed E-state index contributed by atoms with van der Waals surface area (Å²) in [5.74, 6) is 0.601. The summed E-state index contributed by atoms with van der Waals surface area (Å²) >= 11 is 0. The second-order valence-corrected chi connectivity index (χ2v) is 7.65. The van der Waals surface area contributed by atoms with Crippen LogP contribution in [0.2, 0.25) is 0 Å². The smallest absolute Gasteiger partial charge is 0.227 e. The third-order valence-electron chi connectivity index (χ3n) is 5.60. The van der Waals surface area contributed by atoms with Crippen molar-refractivity contribution >= 4 is 22.5 Å². The van der Waals surface area contributed by atoms with E-state index in [1.165, 1.54) is 11.6 Å². The topological polar surface area (TPSA) is 79.2 Å². The van der Waals surface area contributed by atoms with Crippen LogP contribution in [-0.2, 0) is 6.42 Å². The number of hydrogen-bond donors (Lipinski definition) is 3. The van der Waals surface area contributed by atoms with Gasteiger partial charge in [-0.05, 0) is 24.1 Å². The molecule has 1 aliphatic heterocycles. The lowest BCUT2D eigenvalue weighted by atomic mass is 10.1. The average Bonchev–Trinajstić information content (AvgIpc) is 3.15. The van der Waals surface area contributed by atoms with Crippen molar-refractivity contribution in [2.24, 2.45) is 0 Å². The monoisotopic (exact) mass is 417 g/mol. The van der Waals surface area contributed by atoms with Gasteiger partial charge in [0.25, 0.3) is 0 Å². The highest BCUT2D eigenvalue weighted by Gasteiger charge is 2.21. The van der Waals surface area contributed by atoms with E-state index in [1.54, 1.807) is 10.6 Å². The molecule has 7 nitrogen and oxygen atoms in total. The summed E-state index contributed by atoms with van der Waals surface area (Å²) in [5.41, 5.74) is 3.82. The molecule has 8 heteroatoms. The van der Waals surface area contributed by atoms with Crippen LogP contribution >= 0.6 is 0 Å². The van der Waals surface area contributed by atoms with Gasteiger partial charge in [0.05, 0.1) is 6.04 Å². The number of para-hydroxylation sites is 1. The molecule has 31 heavy (non-hydrogen) atoms. The molecule has 2 aromatic heterocycles. The minimum Gasteiger partial charge on any atom is -0.386 e. The highest BCUT2D eigenvalue weighted by atomic mass is 19.1. The Hall–Kier alpha value is -3.52. The normalized spacial score (nSPS) is 17.0. The summed E-state index contributed by atoms with van der Waals surface area (Å²) < 4.78 is 16.3. The van der Waals surface area contributed by atoms with Crippen molar-refractivity contribution in [2.75, 3.05) is 25.0 Å². The Morgan fingerprint density at radius 3 is 2.81 bits per heavy atom. The van der Waals surface area contributed by atoms with Gasteiger partial charge in [0.1, 0.15) is 11.3 Å². The first-order valence-electron chi connectivity index (χ1n) is 10.5. The van der Waals surface area contributed by atoms with Crippen molar-refractivity contribution in [2.45, 2.75) is 19.4 Å². The maximum atomic E-state index is 14.6. The predicted octanol–water partition coefficient (Wildman–Crippen LogP) is 3.13. The van der Waals surface area contributed by atoms with Crippen LogP contribution in [0, 0.1) is 5.82 Å². The molecular weight excluding hydrogens is 393 g/mol. The van der Waals surface area contributed by atoms with Crippen LogP contribution in [0.4, 0.5) is 10.3 Å². The summed E-state index contributed by atoms with van der Waals surface area (Å²) in [6.07, 6.45) is 0.966. The third-order valence-corrected chi connectivity index (χ3v) is 5.60. The minimum atomic E-state index is -0.393. The first-order chi connectivity index (χ1) is 15.1. The molecule has 0 spiro atoms. The zero-order valence-corrected chi connectivity index (χ0v) is 17.3. The van der Waals surface area contributed by atoms with Gasteiger partial charge < -0.3 is 16.0 Å². The van der Waals surface area contributed by atoms with E-state index in [2.05, 4.69) is 46.6 Å². The Morgan fingerprint density at radius 1 is 1.16 bits per heavy atom. The van der Waals surface area contributed by atoms with Gasteiger partial charge in [0, 0.05) is 36.3 Å². The number of halogens is 1. The van der Waals surface area contributed by atoms with Crippen LogP contribution in [0.3, 0.4) is 0 Å². The van der Waals surface area contributed by atoms with Gasteiger partial charge in [-0.3, -0.25) is 0 Å². The molecule has 5 rings (SSSR count). The Balaban J connectivity index is 1.66. The van der Waals surface area contributed by atoms with Crippen LogP contribution in [0.5, 0.6) is 0 Å². The summed E-state index contributed by atoms with van der Waals surface area (Å²) in [4.78, 5) is 9.32. The molecule has 0 bridgehead atoms. The van der Waals surface area contributed by atoms with E-state index in [-0.39, 0.29) is 11.6 Å². The minimum absolute atomic E-state index is 0.126. The number of aromatic nitrogens is 4. The lowest BCUT2D eigenvalue weighted by molar-refractivity contribution is 0.636. The fourth-order valence-electron chi connectivity index (χ4n) is 3.80. The van der Waals surface area contributed by atoms with E-state index < -0.39 is 5.82 Å². The van der Waals surface area contributed by atoms with Crippen molar-refractivity contribution in [1.82, 2.24) is 30.2 Å². The van der Waals surface area contributed by atoms with Crippen molar-refractivity contribution in [1.29, 1.82) is 0 Å². The number of hydrogen-bond acceptors (Lipinski definition) is 6. The van der Waals surface area contributed by atoms with Crippen molar-refractivity contribution in [3.63, 3.8) is 0 Å². The number of aryl methyl sites for hydroxylation is 1. The quantitative estimate of drug-likeness (QED) is 0.474. The highest BCUT2D eigenvalue weighted by molar-refractivity contribution is 5.93. The molecule has 1 aliphatic rings. The number of benzene rings is 2. The maximum absolute atomic E-state index is 14.6. The molecule has 158 valence electrons. The Bertz CT molecular complexity index is 1260. The molecule has 3 N–H and O–H groups in total. The number of nitrogens with zero attached hydrogens (tertiary/aromatic N) is 4. The number of rotatable bonds is 4. The molecule has 0 aliphatic carbocycles. The molecule has 1 saturated heterocycles. The van der Waals surface area contributed by atoms with Crippen molar-refractivity contribution in [3.05, 3.63) is 66.1 Å². The van der Waals surface area contributed by atoms with Crippen LogP contribution < -0.4 is 16.0 Å². The standard InChI is InChI=1S/C23H24FN7/c1-3-15-7-9-16(10-8-15)21-29-22-17-5-4-6-18(24)20(17)28-23(31(22)30-21)27-19-13-25-11-12-26-14(19)2/h4-10,19,25-26H,2-3,11-13H2,1H3,(H,27,28). The Labute approximate surface area is 179 Å². The number of fused-ring (bicyclic) bond motifs is 3. The molecule has 3 heterocycles. The molecule has 2 aromatic carbocycles. The van der Waals surface area contributed by atoms with E-state index >= 15 is 0 Å². The molecule has 1 unspecified atom stereocenters. The predicted molar refractivity (Wildman–Crippen MR) is 120 cm³/mol. The summed E-state index contributed by atoms with van der Waals surface area (Å²) in [6.45, 7) is 8.55. The maximum Gasteiger partial charge on any atom is 0.227 e. The third kappa shape index (κ3) is 3.59.